The second-order valence-corrected chi connectivity index (χ2v) is 4.02. The van der Waals surface area contributed by atoms with E-state index >= 15 is 0 Å². The number of carbonyl (C=O) groups excluding carboxylic acids is 1. The van der Waals surface area contributed by atoms with Crippen molar-refractivity contribution < 1.29 is 14.7 Å². The molecule has 0 radical (unpaired) electrons. The predicted octanol–water partition coefficient (Wildman–Crippen LogP) is 1.87. The topological polar surface area (TPSA) is 117 Å². The molecule has 20 heavy (non-hydrogen) atoms. The number of aromatic nitrogens is 3. The minimum Gasteiger partial charge on any atom is -0.478 e. The largest absolute Gasteiger partial charge is 0.478 e. The Morgan fingerprint density at radius 2 is 1.95 bits per heavy atom. The fourth-order valence-corrected chi connectivity index (χ4v) is 1.59. The summed E-state index contributed by atoms with van der Waals surface area (Å²) in [6, 6.07) is 3.32. The first-order valence-electron chi connectivity index (χ1n) is 5.30. The van der Waals surface area contributed by atoms with E-state index in [2.05, 4.69) is 25.8 Å². The standard InChI is InChI=1S/C11H8ClN5O3/c12-7-3-6(9(18)19)4-8(5-7)15-11(20)16-10-13-1-2-14-17-10/h1-5H,(H,18,19)(H2,13,15,16,17,20). The highest BCUT2D eigenvalue weighted by Crippen LogP contribution is 2.19. The lowest BCUT2D eigenvalue weighted by molar-refractivity contribution is 0.0697. The lowest BCUT2D eigenvalue weighted by Gasteiger charge is -2.07. The average molecular weight is 294 g/mol. The second-order valence-electron chi connectivity index (χ2n) is 3.58. The zero-order valence-electron chi connectivity index (χ0n) is 9.87. The van der Waals surface area contributed by atoms with Gasteiger partial charge < -0.3 is 10.4 Å². The van der Waals surface area contributed by atoms with Crippen LogP contribution in [0, 0.1) is 0 Å². The Hall–Kier alpha value is -2.74. The number of carboxylic acid groups (broad SMARTS) is 1. The van der Waals surface area contributed by atoms with Gasteiger partial charge >= 0.3 is 12.0 Å². The summed E-state index contributed by atoms with van der Waals surface area (Å²) in [4.78, 5) is 26.3. The van der Waals surface area contributed by atoms with Gasteiger partial charge in [0.15, 0.2) is 0 Å². The van der Waals surface area contributed by atoms with Crippen molar-refractivity contribution in [3.8, 4) is 0 Å². The predicted molar refractivity (Wildman–Crippen MR) is 70.9 cm³/mol. The van der Waals surface area contributed by atoms with Gasteiger partial charge in [-0.3, -0.25) is 5.32 Å². The number of urea groups is 1. The van der Waals surface area contributed by atoms with Crippen LogP contribution in [0.5, 0.6) is 0 Å². The van der Waals surface area contributed by atoms with Gasteiger partial charge in [-0.15, -0.1) is 5.10 Å². The molecule has 0 saturated heterocycles. The number of aromatic carboxylic acids is 1. The second kappa shape index (κ2) is 5.93. The summed E-state index contributed by atoms with van der Waals surface area (Å²) in [6.45, 7) is 0. The Kier molecular flexibility index (Phi) is 4.06. The van der Waals surface area contributed by atoms with Gasteiger partial charge in [-0.1, -0.05) is 11.6 Å². The molecule has 0 atom stereocenters. The molecular weight excluding hydrogens is 286 g/mol. The van der Waals surface area contributed by atoms with Gasteiger partial charge in [0.05, 0.1) is 18.0 Å². The van der Waals surface area contributed by atoms with Crippen molar-refractivity contribution in [1.82, 2.24) is 15.2 Å². The molecule has 2 rings (SSSR count). The van der Waals surface area contributed by atoms with Crippen molar-refractivity contribution in [1.29, 1.82) is 0 Å². The third-order valence-corrected chi connectivity index (χ3v) is 2.33. The van der Waals surface area contributed by atoms with Crippen LogP contribution in [0.4, 0.5) is 16.4 Å². The monoisotopic (exact) mass is 293 g/mol. The lowest BCUT2D eigenvalue weighted by Crippen LogP contribution is -2.21. The van der Waals surface area contributed by atoms with Gasteiger partial charge in [-0.05, 0) is 18.2 Å². The average Bonchev–Trinajstić information content (AvgIpc) is 2.38. The molecular formula is C11H8ClN5O3. The smallest absolute Gasteiger partial charge is 0.335 e. The van der Waals surface area contributed by atoms with Crippen LogP contribution in [-0.4, -0.2) is 32.3 Å². The maximum Gasteiger partial charge on any atom is 0.335 e. The molecule has 2 aromatic rings. The molecule has 0 aliphatic carbocycles. The molecule has 0 aliphatic rings. The molecule has 0 unspecified atom stereocenters. The minimum atomic E-state index is -1.15. The number of anilines is 2. The summed E-state index contributed by atoms with van der Waals surface area (Å²) < 4.78 is 0. The summed E-state index contributed by atoms with van der Waals surface area (Å²) in [5, 5.41) is 20.9. The molecule has 0 fully saturated rings. The van der Waals surface area contributed by atoms with Crippen LogP contribution in [0.25, 0.3) is 0 Å². The number of nitrogens with zero attached hydrogens (tertiary/aromatic N) is 3. The van der Waals surface area contributed by atoms with E-state index in [1.807, 2.05) is 0 Å². The minimum absolute atomic E-state index is 0.0190. The van der Waals surface area contributed by atoms with Gasteiger partial charge in [0.2, 0.25) is 0 Å². The first-order valence-corrected chi connectivity index (χ1v) is 5.68. The number of nitrogens with one attached hydrogen (secondary N) is 2. The van der Waals surface area contributed by atoms with Gasteiger partial charge in [0.25, 0.3) is 5.95 Å². The SMILES string of the molecule is O=C(Nc1cc(Cl)cc(C(=O)O)c1)Nc1nccnn1. The van der Waals surface area contributed by atoms with Crippen molar-refractivity contribution in [2.75, 3.05) is 10.6 Å². The maximum atomic E-state index is 11.7. The van der Waals surface area contributed by atoms with E-state index in [1.165, 1.54) is 30.6 Å². The molecule has 3 N–H and O–H groups in total. The van der Waals surface area contributed by atoms with Gasteiger partial charge in [-0.2, -0.15) is 5.10 Å². The molecule has 8 nitrogen and oxygen atoms in total. The number of rotatable bonds is 3. The van der Waals surface area contributed by atoms with Crippen molar-refractivity contribution in [2.45, 2.75) is 0 Å². The summed E-state index contributed by atoms with van der Waals surface area (Å²) in [7, 11) is 0. The third-order valence-electron chi connectivity index (χ3n) is 2.11. The van der Waals surface area contributed by atoms with Crippen molar-refractivity contribution in [3.63, 3.8) is 0 Å². The number of hydrogen-bond acceptors (Lipinski definition) is 5. The van der Waals surface area contributed by atoms with Crippen LogP contribution in [0.2, 0.25) is 5.02 Å². The maximum absolute atomic E-state index is 11.7. The van der Waals surface area contributed by atoms with Crippen LogP contribution in [-0.2, 0) is 0 Å². The van der Waals surface area contributed by atoms with E-state index in [0.717, 1.165) is 0 Å². The molecule has 102 valence electrons. The fraction of sp³-hybridized carbons (Fsp3) is 0. The molecule has 0 saturated carbocycles. The van der Waals surface area contributed by atoms with E-state index in [-0.39, 0.29) is 22.2 Å². The van der Waals surface area contributed by atoms with E-state index in [1.54, 1.807) is 0 Å². The first kappa shape index (κ1) is 13.7. The van der Waals surface area contributed by atoms with Crippen LogP contribution in [0.1, 0.15) is 10.4 Å². The van der Waals surface area contributed by atoms with Crippen molar-refractivity contribution in [3.05, 3.63) is 41.2 Å². The van der Waals surface area contributed by atoms with E-state index in [4.69, 9.17) is 16.7 Å². The normalized spacial score (nSPS) is 9.85. The zero-order valence-corrected chi connectivity index (χ0v) is 10.6. The van der Waals surface area contributed by atoms with Crippen LogP contribution < -0.4 is 10.6 Å². The fourth-order valence-electron chi connectivity index (χ4n) is 1.35. The Morgan fingerprint density at radius 3 is 2.60 bits per heavy atom. The van der Waals surface area contributed by atoms with Crippen molar-refractivity contribution >= 4 is 35.2 Å². The number of benzene rings is 1. The van der Waals surface area contributed by atoms with Gasteiger partial charge in [0.1, 0.15) is 0 Å². The van der Waals surface area contributed by atoms with Crippen LogP contribution in [0.3, 0.4) is 0 Å². The summed E-state index contributed by atoms with van der Waals surface area (Å²) >= 11 is 5.77. The molecule has 0 bridgehead atoms. The summed E-state index contributed by atoms with van der Waals surface area (Å²) in [6.07, 6.45) is 2.73. The van der Waals surface area contributed by atoms with E-state index in [9.17, 15) is 9.59 Å². The zero-order chi connectivity index (χ0) is 14.5. The number of carboxylic acids is 1. The highest BCUT2D eigenvalue weighted by Gasteiger charge is 2.09. The molecule has 1 aromatic heterocycles. The van der Waals surface area contributed by atoms with E-state index < -0.39 is 12.0 Å². The molecule has 1 heterocycles. The Bertz CT molecular complexity index is 650. The summed E-state index contributed by atoms with van der Waals surface area (Å²) in [5.41, 5.74) is 0.196. The number of carbonyl (C=O) groups is 2. The van der Waals surface area contributed by atoms with Gasteiger partial charge in [-0.25, -0.2) is 14.6 Å². The lowest BCUT2D eigenvalue weighted by atomic mass is 10.2. The molecule has 9 heteroatoms. The summed E-state index contributed by atoms with van der Waals surface area (Å²) in [5.74, 6) is -1.13. The number of halogens is 1. The Labute approximate surface area is 117 Å². The van der Waals surface area contributed by atoms with Crippen LogP contribution in [0.15, 0.2) is 30.6 Å². The highest BCUT2D eigenvalue weighted by atomic mass is 35.5. The molecule has 0 spiro atoms. The van der Waals surface area contributed by atoms with E-state index in [0.29, 0.717) is 0 Å². The number of hydrogen-bond donors (Lipinski definition) is 3. The Balaban J connectivity index is 2.10. The molecule has 1 aromatic carbocycles. The molecule has 2 amide bonds. The quantitative estimate of drug-likeness (QED) is 0.795. The Morgan fingerprint density at radius 1 is 1.15 bits per heavy atom. The van der Waals surface area contributed by atoms with Crippen molar-refractivity contribution in [2.24, 2.45) is 0 Å². The van der Waals surface area contributed by atoms with Crippen LogP contribution >= 0.6 is 11.6 Å². The number of amides is 2. The highest BCUT2D eigenvalue weighted by molar-refractivity contribution is 6.31. The third kappa shape index (κ3) is 3.62. The van der Waals surface area contributed by atoms with Gasteiger partial charge in [0, 0.05) is 10.7 Å². The molecule has 0 aliphatic heterocycles. The first-order chi connectivity index (χ1) is 9.54.